The van der Waals surface area contributed by atoms with Crippen molar-refractivity contribution in [3.8, 4) is 0 Å². The number of hydrogen-bond donors (Lipinski definition) is 0. The molecule has 0 unspecified atom stereocenters. The van der Waals surface area contributed by atoms with E-state index in [0.29, 0.717) is 11.5 Å². The number of amides is 1. The van der Waals surface area contributed by atoms with Gasteiger partial charge in [-0.2, -0.15) is 0 Å². The predicted octanol–water partition coefficient (Wildman–Crippen LogP) is 3.20. The van der Waals surface area contributed by atoms with E-state index in [-0.39, 0.29) is 11.1 Å². The fourth-order valence-electron chi connectivity index (χ4n) is 1.96. The van der Waals surface area contributed by atoms with Crippen molar-refractivity contribution in [1.29, 1.82) is 0 Å². The van der Waals surface area contributed by atoms with E-state index in [1.165, 1.54) is 25.5 Å². The van der Waals surface area contributed by atoms with E-state index in [1.807, 2.05) is 11.8 Å². The van der Waals surface area contributed by atoms with Gasteiger partial charge in [0.05, 0.1) is 11.8 Å². The van der Waals surface area contributed by atoms with Gasteiger partial charge in [0.15, 0.2) is 0 Å². The molecule has 1 heterocycles. The fourth-order valence-corrected chi connectivity index (χ4v) is 2.15. The van der Waals surface area contributed by atoms with Crippen LogP contribution in [0.5, 0.6) is 0 Å². The molecule has 1 amide bonds. The van der Waals surface area contributed by atoms with E-state index in [4.69, 9.17) is 16.0 Å². The average Bonchev–Trinajstić information content (AvgIpc) is 2.62. The van der Waals surface area contributed by atoms with Crippen molar-refractivity contribution in [2.24, 2.45) is 5.92 Å². The second kappa shape index (κ2) is 4.91. The predicted molar refractivity (Wildman–Crippen MR) is 62.6 cm³/mol. The summed E-state index contributed by atoms with van der Waals surface area (Å²) in [6.45, 7) is 3.55. The van der Waals surface area contributed by atoms with Crippen LogP contribution in [0.3, 0.4) is 0 Å². The average molecular weight is 242 g/mol. The number of nitrogens with zero attached hydrogens (tertiary/aromatic N) is 1. The summed E-state index contributed by atoms with van der Waals surface area (Å²) >= 11 is 5.81. The zero-order valence-corrected chi connectivity index (χ0v) is 10.2. The van der Waals surface area contributed by atoms with Gasteiger partial charge in [0.25, 0.3) is 5.91 Å². The normalized spacial score (nSPS) is 15.9. The Balaban J connectivity index is 2.03. The third-order valence-corrected chi connectivity index (χ3v) is 3.51. The molecule has 2 rings (SSSR count). The van der Waals surface area contributed by atoms with Crippen molar-refractivity contribution in [1.82, 2.24) is 4.90 Å². The Labute approximate surface area is 100 Å². The van der Waals surface area contributed by atoms with Gasteiger partial charge in [-0.1, -0.05) is 6.42 Å². The molecule has 0 bridgehead atoms. The minimum Gasteiger partial charge on any atom is -0.452 e. The van der Waals surface area contributed by atoms with Gasteiger partial charge in [-0.3, -0.25) is 4.79 Å². The first kappa shape index (κ1) is 11.5. The molecular formula is C12H16ClNO2. The topological polar surface area (TPSA) is 33.5 Å². The van der Waals surface area contributed by atoms with E-state index >= 15 is 0 Å². The molecule has 3 nitrogen and oxygen atoms in total. The minimum atomic E-state index is -0.0202. The Hall–Kier alpha value is -0.960. The van der Waals surface area contributed by atoms with E-state index in [1.54, 1.807) is 6.07 Å². The Bertz CT molecular complexity index is 371. The smallest absolute Gasteiger partial charge is 0.258 e. The van der Waals surface area contributed by atoms with Gasteiger partial charge >= 0.3 is 0 Å². The molecule has 0 aliphatic heterocycles. The van der Waals surface area contributed by atoms with Gasteiger partial charge in [0.1, 0.15) is 0 Å². The molecule has 1 aliphatic rings. The van der Waals surface area contributed by atoms with Crippen molar-refractivity contribution in [2.75, 3.05) is 13.1 Å². The van der Waals surface area contributed by atoms with Crippen LogP contribution in [-0.4, -0.2) is 23.9 Å². The van der Waals surface area contributed by atoms with Crippen LogP contribution < -0.4 is 0 Å². The highest BCUT2D eigenvalue weighted by atomic mass is 35.5. The van der Waals surface area contributed by atoms with Gasteiger partial charge in [-0.15, -0.1) is 0 Å². The summed E-state index contributed by atoms with van der Waals surface area (Å²) in [5, 5.41) is 0.192. The molecule has 1 aromatic rings. The van der Waals surface area contributed by atoms with Crippen molar-refractivity contribution >= 4 is 17.5 Å². The highest BCUT2D eigenvalue weighted by molar-refractivity contribution is 6.32. The monoisotopic (exact) mass is 241 g/mol. The van der Waals surface area contributed by atoms with E-state index in [2.05, 4.69) is 0 Å². The molecule has 0 saturated heterocycles. The second-order valence-electron chi connectivity index (χ2n) is 4.25. The molecule has 1 aromatic heterocycles. The van der Waals surface area contributed by atoms with Crippen LogP contribution in [0.15, 0.2) is 16.7 Å². The Kier molecular flexibility index (Phi) is 3.54. The summed E-state index contributed by atoms with van der Waals surface area (Å²) < 4.78 is 4.94. The Morgan fingerprint density at radius 1 is 1.62 bits per heavy atom. The highest BCUT2D eigenvalue weighted by Gasteiger charge is 2.25. The zero-order valence-electron chi connectivity index (χ0n) is 9.41. The first-order valence-electron chi connectivity index (χ1n) is 5.74. The number of furan rings is 1. The summed E-state index contributed by atoms with van der Waals surface area (Å²) in [6, 6.07) is 1.63. The minimum absolute atomic E-state index is 0.0202. The first-order valence-corrected chi connectivity index (χ1v) is 6.12. The standard InChI is InChI=1S/C12H16ClNO2/c1-2-14(8-9-4-3-5-9)12(15)10-6-7-16-11(10)13/h6-7,9H,2-5,8H2,1H3. The highest BCUT2D eigenvalue weighted by Crippen LogP contribution is 2.28. The van der Waals surface area contributed by atoms with E-state index < -0.39 is 0 Å². The molecule has 88 valence electrons. The summed E-state index contributed by atoms with van der Waals surface area (Å²) in [6.07, 6.45) is 5.22. The van der Waals surface area contributed by atoms with E-state index in [9.17, 15) is 4.79 Å². The Morgan fingerprint density at radius 3 is 2.81 bits per heavy atom. The van der Waals surface area contributed by atoms with Crippen LogP contribution in [0.4, 0.5) is 0 Å². The molecule has 1 fully saturated rings. The number of carbonyl (C=O) groups excluding carboxylic acids is 1. The lowest BCUT2D eigenvalue weighted by Gasteiger charge is -2.31. The third kappa shape index (κ3) is 2.24. The van der Waals surface area contributed by atoms with Crippen LogP contribution in [-0.2, 0) is 0 Å². The molecular weight excluding hydrogens is 226 g/mol. The van der Waals surface area contributed by atoms with Crippen molar-refractivity contribution in [3.05, 3.63) is 23.1 Å². The number of carbonyl (C=O) groups is 1. The summed E-state index contributed by atoms with van der Waals surface area (Å²) in [7, 11) is 0. The largest absolute Gasteiger partial charge is 0.452 e. The lowest BCUT2D eigenvalue weighted by Crippen LogP contribution is -2.37. The molecule has 0 radical (unpaired) electrons. The molecule has 0 atom stereocenters. The SMILES string of the molecule is CCN(CC1CCC1)C(=O)c1ccoc1Cl. The number of halogens is 1. The maximum Gasteiger partial charge on any atom is 0.258 e. The van der Waals surface area contributed by atoms with Crippen LogP contribution >= 0.6 is 11.6 Å². The van der Waals surface area contributed by atoms with Crippen molar-refractivity contribution in [3.63, 3.8) is 0 Å². The molecule has 0 aromatic carbocycles. The molecule has 0 spiro atoms. The molecule has 1 saturated carbocycles. The third-order valence-electron chi connectivity index (χ3n) is 3.22. The quantitative estimate of drug-likeness (QED) is 0.811. The van der Waals surface area contributed by atoms with Gasteiger partial charge in [-0.25, -0.2) is 0 Å². The summed E-state index contributed by atoms with van der Waals surface area (Å²) in [5.41, 5.74) is 0.475. The van der Waals surface area contributed by atoms with Crippen molar-refractivity contribution in [2.45, 2.75) is 26.2 Å². The van der Waals surface area contributed by atoms with E-state index in [0.717, 1.165) is 13.1 Å². The Morgan fingerprint density at radius 2 is 2.38 bits per heavy atom. The lowest BCUT2D eigenvalue weighted by molar-refractivity contribution is 0.0706. The van der Waals surface area contributed by atoms with Gasteiger partial charge in [-0.05, 0) is 43.4 Å². The van der Waals surface area contributed by atoms with Gasteiger partial charge < -0.3 is 9.32 Å². The van der Waals surface area contributed by atoms with Gasteiger partial charge in [0, 0.05) is 13.1 Å². The van der Waals surface area contributed by atoms with Crippen LogP contribution in [0.2, 0.25) is 5.22 Å². The first-order chi connectivity index (χ1) is 7.72. The van der Waals surface area contributed by atoms with Crippen LogP contribution in [0.25, 0.3) is 0 Å². The van der Waals surface area contributed by atoms with Crippen LogP contribution in [0.1, 0.15) is 36.5 Å². The lowest BCUT2D eigenvalue weighted by atomic mass is 9.85. The molecule has 1 aliphatic carbocycles. The van der Waals surface area contributed by atoms with Crippen molar-refractivity contribution < 1.29 is 9.21 Å². The number of hydrogen-bond acceptors (Lipinski definition) is 2. The summed E-state index contributed by atoms with van der Waals surface area (Å²) in [5.74, 6) is 0.655. The maximum absolute atomic E-state index is 12.1. The summed E-state index contributed by atoms with van der Waals surface area (Å²) in [4.78, 5) is 14.0. The molecule has 4 heteroatoms. The zero-order chi connectivity index (χ0) is 11.5. The maximum atomic E-state index is 12.1. The second-order valence-corrected chi connectivity index (χ2v) is 4.59. The van der Waals surface area contributed by atoms with Gasteiger partial charge in [0.2, 0.25) is 5.22 Å². The number of rotatable bonds is 4. The van der Waals surface area contributed by atoms with Crippen LogP contribution in [0, 0.1) is 5.92 Å². The fraction of sp³-hybridized carbons (Fsp3) is 0.583. The molecule has 0 N–H and O–H groups in total. The molecule has 16 heavy (non-hydrogen) atoms.